The second-order valence-corrected chi connectivity index (χ2v) is 7.78. The summed E-state index contributed by atoms with van der Waals surface area (Å²) in [5.41, 5.74) is 2.70. The monoisotopic (exact) mass is 366 g/mol. The average Bonchev–Trinajstić information content (AvgIpc) is 3.06. The number of ether oxygens (including phenoxy) is 2. The topological polar surface area (TPSA) is 71.6 Å². The number of para-hydroxylation sites is 1. The molecule has 6 heteroatoms. The second kappa shape index (κ2) is 5.78. The first-order chi connectivity index (χ1) is 13.0. The van der Waals surface area contributed by atoms with Crippen molar-refractivity contribution in [1.82, 2.24) is 9.88 Å². The maximum absolute atomic E-state index is 12.7. The third-order valence-electron chi connectivity index (χ3n) is 6.34. The van der Waals surface area contributed by atoms with Gasteiger partial charge >= 0.3 is 5.97 Å². The quantitative estimate of drug-likeness (QED) is 0.784. The Morgan fingerprint density at radius 1 is 1.33 bits per heavy atom. The van der Waals surface area contributed by atoms with Crippen LogP contribution in [0.4, 0.5) is 0 Å². The maximum atomic E-state index is 12.7. The van der Waals surface area contributed by atoms with Gasteiger partial charge in [-0.1, -0.05) is 18.2 Å². The van der Waals surface area contributed by atoms with Gasteiger partial charge in [-0.15, -0.1) is 0 Å². The van der Waals surface area contributed by atoms with Gasteiger partial charge in [-0.25, -0.2) is 0 Å². The van der Waals surface area contributed by atoms with Crippen LogP contribution in [-0.4, -0.2) is 53.0 Å². The predicted molar refractivity (Wildman–Crippen MR) is 99.3 cm³/mol. The van der Waals surface area contributed by atoms with Crippen LogP contribution in [0.3, 0.4) is 0 Å². The largest absolute Gasteiger partial charge is 0.468 e. The Labute approximate surface area is 157 Å². The number of morpholine rings is 1. The Hall–Kier alpha value is -2.44. The number of methoxy groups -OCH3 is 1. The second-order valence-electron chi connectivity index (χ2n) is 7.78. The summed E-state index contributed by atoms with van der Waals surface area (Å²) in [6.45, 7) is 2.45. The summed E-state index contributed by atoms with van der Waals surface area (Å²) in [5.74, 6) is -0.199. The molecule has 2 aromatic rings. The van der Waals surface area contributed by atoms with E-state index >= 15 is 0 Å². The number of ketones is 1. The molecule has 1 N–H and O–H groups in total. The summed E-state index contributed by atoms with van der Waals surface area (Å²) in [6, 6.07) is 7.40. The number of aromatic amines is 1. The van der Waals surface area contributed by atoms with E-state index in [0.717, 1.165) is 22.2 Å². The van der Waals surface area contributed by atoms with Crippen molar-refractivity contribution in [3.63, 3.8) is 0 Å². The molecule has 1 saturated heterocycles. The van der Waals surface area contributed by atoms with Crippen LogP contribution in [0.1, 0.15) is 30.6 Å². The highest BCUT2D eigenvalue weighted by molar-refractivity contribution is 5.92. The molecule has 0 unspecified atom stereocenters. The summed E-state index contributed by atoms with van der Waals surface area (Å²) in [4.78, 5) is 30.6. The van der Waals surface area contributed by atoms with Crippen LogP contribution in [0.5, 0.6) is 0 Å². The number of H-pyrrole nitrogens is 1. The summed E-state index contributed by atoms with van der Waals surface area (Å²) in [6.07, 6.45) is 4.34. The lowest BCUT2D eigenvalue weighted by Crippen LogP contribution is -2.66. The van der Waals surface area contributed by atoms with Gasteiger partial charge in [0.2, 0.25) is 0 Å². The predicted octanol–water partition coefficient (Wildman–Crippen LogP) is 2.30. The van der Waals surface area contributed by atoms with Crippen LogP contribution in [0.2, 0.25) is 0 Å². The number of esters is 1. The van der Waals surface area contributed by atoms with Gasteiger partial charge in [0, 0.05) is 29.4 Å². The molecule has 0 spiro atoms. The molecule has 0 bridgehead atoms. The van der Waals surface area contributed by atoms with E-state index in [9.17, 15) is 9.59 Å². The van der Waals surface area contributed by atoms with E-state index in [1.54, 1.807) is 6.08 Å². The highest BCUT2D eigenvalue weighted by Gasteiger charge is 2.54. The molecule has 27 heavy (non-hydrogen) atoms. The number of fused-ring (bicyclic) bond motifs is 7. The molecule has 1 fully saturated rings. The van der Waals surface area contributed by atoms with Gasteiger partial charge in [0.15, 0.2) is 5.78 Å². The van der Waals surface area contributed by atoms with Gasteiger partial charge in [-0.3, -0.25) is 14.5 Å². The third-order valence-corrected chi connectivity index (χ3v) is 6.34. The number of carbonyl (C=O) groups is 2. The van der Waals surface area contributed by atoms with Crippen molar-refractivity contribution in [2.24, 2.45) is 0 Å². The molecule has 1 aliphatic carbocycles. The minimum absolute atomic E-state index is 0.0628. The Morgan fingerprint density at radius 2 is 2.15 bits per heavy atom. The minimum Gasteiger partial charge on any atom is -0.468 e. The van der Waals surface area contributed by atoms with Gasteiger partial charge in [-0.2, -0.15) is 0 Å². The maximum Gasteiger partial charge on any atom is 0.323 e. The Morgan fingerprint density at radius 3 is 2.96 bits per heavy atom. The van der Waals surface area contributed by atoms with Crippen molar-refractivity contribution in [1.29, 1.82) is 0 Å². The lowest BCUT2D eigenvalue weighted by molar-refractivity contribution is -0.180. The molecule has 4 atom stereocenters. The van der Waals surface area contributed by atoms with Crippen LogP contribution in [0, 0.1) is 0 Å². The number of hydrogen-bond donors (Lipinski definition) is 1. The Kier molecular flexibility index (Phi) is 3.58. The van der Waals surface area contributed by atoms with Gasteiger partial charge in [0.25, 0.3) is 0 Å². The Bertz CT molecular complexity index is 978. The summed E-state index contributed by atoms with van der Waals surface area (Å²) >= 11 is 0. The molecule has 3 aliphatic rings. The minimum atomic E-state index is -0.583. The van der Waals surface area contributed by atoms with Crippen molar-refractivity contribution in [2.45, 2.75) is 43.5 Å². The number of carbonyl (C=O) groups excluding carboxylic acids is 2. The van der Waals surface area contributed by atoms with E-state index in [2.05, 4.69) is 16.0 Å². The molecule has 1 aromatic carbocycles. The number of aromatic nitrogens is 1. The molecular formula is C21H22N2O4. The SMILES string of the molecule is COC(=O)[C@@H]1Cc2c([nH]c3ccccc23)[C@@H]2CO[C@@]3(C)C=CC(=O)C[C@H]3N12. The molecule has 2 aliphatic heterocycles. The first kappa shape index (κ1) is 16.7. The molecule has 1 aromatic heterocycles. The number of rotatable bonds is 1. The fourth-order valence-corrected chi connectivity index (χ4v) is 4.97. The standard InChI is InChI=1S/C21H22N2O4/c1-21-8-7-12(24)9-18(21)23-16(20(25)26-2)10-14-13-5-3-4-6-15(13)22-19(14)17(23)11-27-21/h3-8,16-18,22H,9-11H2,1-2H3/t16-,17-,18+,21-/m0/s1. The van der Waals surface area contributed by atoms with E-state index in [0.29, 0.717) is 19.4 Å². The first-order valence-corrected chi connectivity index (χ1v) is 9.32. The lowest BCUT2D eigenvalue weighted by atomic mass is 9.79. The van der Waals surface area contributed by atoms with Crippen molar-refractivity contribution in [3.05, 3.63) is 47.7 Å². The van der Waals surface area contributed by atoms with E-state index < -0.39 is 11.6 Å². The Balaban J connectivity index is 1.68. The molecule has 0 amide bonds. The number of hydrogen-bond acceptors (Lipinski definition) is 5. The summed E-state index contributed by atoms with van der Waals surface area (Å²) in [5, 5.41) is 1.13. The van der Waals surface area contributed by atoms with Crippen molar-refractivity contribution in [3.8, 4) is 0 Å². The molecule has 0 radical (unpaired) electrons. The molecule has 5 rings (SSSR count). The van der Waals surface area contributed by atoms with E-state index in [1.807, 2.05) is 31.2 Å². The molecule has 6 nitrogen and oxygen atoms in total. The zero-order chi connectivity index (χ0) is 18.8. The lowest BCUT2D eigenvalue weighted by Gasteiger charge is -2.55. The number of nitrogens with one attached hydrogen (secondary N) is 1. The van der Waals surface area contributed by atoms with Crippen LogP contribution in [0.15, 0.2) is 36.4 Å². The highest BCUT2D eigenvalue weighted by atomic mass is 16.5. The summed E-state index contributed by atoms with van der Waals surface area (Å²) in [7, 11) is 1.42. The van der Waals surface area contributed by atoms with E-state index in [1.165, 1.54) is 7.11 Å². The van der Waals surface area contributed by atoms with E-state index in [4.69, 9.17) is 9.47 Å². The zero-order valence-electron chi connectivity index (χ0n) is 15.4. The van der Waals surface area contributed by atoms with Crippen molar-refractivity contribution in [2.75, 3.05) is 13.7 Å². The normalized spacial score (nSPS) is 32.7. The van der Waals surface area contributed by atoms with E-state index in [-0.39, 0.29) is 23.8 Å². The molecule has 3 heterocycles. The van der Waals surface area contributed by atoms with Crippen LogP contribution >= 0.6 is 0 Å². The highest BCUT2D eigenvalue weighted by Crippen LogP contribution is 2.46. The number of benzene rings is 1. The third kappa shape index (κ3) is 2.33. The van der Waals surface area contributed by atoms with Crippen LogP contribution in [-0.2, 0) is 25.5 Å². The summed E-state index contributed by atoms with van der Waals surface area (Å²) < 4.78 is 11.4. The molecule has 0 saturated carbocycles. The first-order valence-electron chi connectivity index (χ1n) is 9.32. The average molecular weight is 366 g/mol. The molecule has 140 valence electrons. The van der Waals surface area contributed by atoms with Gasteiger partial charge < -0.3 is 14.5 Å². The van der Waals surface area contributed by atoms with Crippen molar-refractivity contribution < 1.29 is 19.1 Å². The van der Waals surface area contributed by atoms with Gasteiger partial charge in [0.05, 0.1) is 31.4 Å². The molecular weight excluding hydrogens is 344 g/mol. The smallest absolute Gasteiger partial charge is 0.323 e. The fraction of sp³-hybridized carbons (Fsp3) is 0.429. The number of allylic oxidation sites excluding steroid dienone is 1. The van der Waals surface area contributed by atoms with Crippen molar-refractivity contribution >= 4 is 22.7 Å². The van der Waals surface area contributed by atoms with Gasteiger partial charge in [-0.05, 0) is 30.7 Å². The van der Waals surface area contributed by atoms with Gasteiger partial charge in [0.1, 0.15) is 6.04 Å². The van der Waals surface area contributed by atoms with Crippen LogP contribution in [0.25, 0.3) is 10.9 Å². The van der Waals surface area contributed by atoms with Crippen LogP contribution < -0.4 is 0 Å². The number of nitrogens with zero attached hydrogens (tertiary/aromatic N) is 1. The fourth-order valence-electron chi connectivity index (χ4n) is 4.97. The zero-order valence-corrected chi connectivity index (χ0v) is 15.4.